The molecule has 3 aromatic rings. The van der Waals surface area contributed by atoms with E-state index >= 15 is 4.39 Å². The zero-order chi connectivity index (χ0) is 34.4. The maximum atomic E-state index is 15.3. The Morgan fingerprint density at radius 2 is 1.43 bits per heavy atom. The largest absolute Gasteiger partial charge is 0.444 e. The standard InChI is InChI=1S/C39H42FN5O4/c1-38(2,3)48-36(46)44-30-16-24(30)18-32(44)28-15-26(20-41-28)23-11-9-21(10-12-23)7-8-22-13-27(40)34-29(14-22)42-35(43-34)33-19-25-17-31(25)45(33)37(47)49-39(4,5)6/h9-14,20,24-25,30-33H,15-19H2,1-6H3,(H,42,43)/t24-,25-,30-,31-,32+,33+/m1/s1. The second-order valence-electron chi connectivity index (χ2n) is 16.2. The Labute approximate surface area is 285 Å². The Kier molecular flexibility index (Phi) is 7.22. The van der Waals surface area contributed by atoms with Crippen LogP contribution in [0.5, 0.6) is 0 Å². The van der Waals surface area contributed by atoms with Crippen molar-refractivity contribution in [2.75, 3.05) is 0 Å². The zero-order valence-corrected chi connectivity index (χ0v) is 28.8. The predicted octanol–water partition coefficient (Wildman–Crippen LogP) is 7.76. The molecule has 2 saturated carbocycles. The first-order chi connectivity index (χ1) is 23.2. The highest BCUT2D eigenvalue weighted by Crippen LogP contribution is 2.54. The molecule has 2 aliphatic carbocycles. The first-order valence-corrected chi connectivity index (χ1v) is 17.3. The van der Waals surface area contributed by atoms with Crippen molar-refractivity contribution in [3.05, 3.63) is 70.9 Å². The molecule has 49 heavy (non-hydrogen) atoms. The van der Waals surface area contributed by atoms with E-state index in [2.05, 4.69) is 21.8 Å². The van der Waals surface area contributed by atoms with Crippen LogP contribution in [0.2, 0.25) is 0 Å². The van der Waals surface area contributed by atoms with E-state index in [1.54, 1.807) is 11.0 Å². The number of carbonyl (C=O) groups excluding carboxylic acids is 2. The number of halogens is 1. The molecule has 1 N–H and O–H groups in total. The number of hydrogen-bond donors (Lipinski definition) is 1. The predicted molar refractivity (Wildman–Crippen MR) is 184 cm³/mol. The van der Waals surface area contributed by atoms with Crippen molar-refractivity contribution in [3.8, 4) is 11.8 Å². The average molecular weight is 664 g/mol. The number of fused-ring (bicyclic) bond motifs is 3. The first kappa shape index (κ1) is 31.6. The number of carbonyl (C=O) groups is 2. The lowest BCUT2D eigenvalue weighted by atomic mass is 9.97. The molecule has 0 bridgehead atoms. The van der Waals surface area contributed by atoms with E-state index in [-0.39, 0.29) is 41.9 Å². The SMILES string of the molecule is CC(C)(C)OC(=O)N1[C@@H]2C[C@@H]2C[C@H]1C1=NC=C(c2ccc(C#Cc3cc(F)c4nc([C@@H]5C[C@H]6C[C@H]6N5C(=O)OC(C)(C)C)[nH]c4c3)cc2)C1. The molecule has 5 aliphatic rings. The van der Waals surface area contributed by atoms with Crippen molar-refractivity contribution < 1.29 is 23.5 Å². The fraction of sp³-hybridized carbons (Fsp3) is 0.487. The van der Waals surface area contributed by atoms with E-state index in [4.69, 9.17) is 14.5 Å². The van der Waals surface area contributed by atoms with Crippen LogP contribution in [0.15, 0.2) is 47.6 Å². The molecule has 0 unspecified atom stereocenters. The van der Waals surface area contributed by atoms with Crippen LogP contribution in [0.1, 0.15) is 102 Å². The molecule has 1 aromatic heterocycles. The lowest BCUT2D eigenvalue weighted by Crippen LogP contribution is -2.45. The molecular formula is C39H42FN5O4. The number of nitrogens with one attached hydrogen (secondary N) is 1. The number of piperidine rings is 2. The van der Waals surface area contributed by atoms with Gasteiger partial charge in [0.05, 0.1) is 17.6 Å². The second-order valence-corrected chi connectivity index (χ2v) is 16.2. The van der Waals surface area contributed by atoms with Gasteiger partial charge >= 0.3 is 12.2 Å². The summed E-state index contributed by atoms with van der Waals surface area (Å²) in [6, 6.07) is 11.3. The maximum Gasteiger partial charge on any atom is 0.411 e. The average Bonchev–Trinajstić information content (AvgIpc) is 3.64. The van der Waals surface area contributed by atoms with Gasteiger partial charge in [0.25, 0.3) is 0 Å². The van der Waals surface area contributed by atoms with Crippen molar-refractivity contribution in [3.63, 3.8) is 0 Å². The van der Waals surface area contributed by atoms with Crippen LogP contribution < -0.4 is 0 Å². The van der Waals surface area contributed by atoms with Crippen LogP contribution in [0, 0.1) is 29.5 Å². The van der Waals surface area contributed by atoms with E-state index in [1.165, 1.54) is 6.07 Å². The minimum atomic E-state index is -0.601. The molecular weight excluding hydrogens is 621 g/mol. The highest BCUT2D eigenvalue weighted by molar-refractivity contribution is 6.03. The summed E-state index contributed by atoms with van der Waals surface area (Å²) in [7, 11) is 0. The van der Waals surface area contributed by atoms with E-state index in [1.807, 2.05) is 76.9 Å². The number of aliphatic imine (C=N–C) groups is 1. The van der Waals surface area contributed by atoms with Crippen LogP contribution in [0.25, 0.3) is 16.6 Å². The van der Waals surface area contributed by atoms with Gasteiger partial charge in [0, 0.05) is 41.5 Å². The molecule has 2 saturated heterocycles. The Balaban J connectivity index is 0.936. The highest BCUT2D eigenvalue weighted by atomic mass is 19.1. The van der Waals surface area contributed by atoms with Crippen molar-refractivity contribution in [1.29, 1.82) is 0 Å². The molecule has 6 atom stereocenters. The van der Waals surface area contributed by atoms with Crippen LogP contribution in [0.3, 0.4) is 0 Å². The van der Waals surface area contributed by atoms with E-state index in [9.17, 15) is 9.59 Å². The molecule has 10 heteroatoms. The Morgan fingerprint density at radius 1 is 0.837 bits per heavy atom. The number of nitrogens with zero attached hydrogens (tertiary/aromatic N) is 4. The third-order valence-electron chi connectivity index (χ3n) is 10.0. The number of hydrogen-bond acceptors (Lipinski definition) is 6. The van der Waals surface area contributed by atoms with Gasteiger partial charge in [-0.25, -0.2) is 19.0 Å². The third kappa shape index (κ3) is 6.20. The summed E-state index contributed by atoms with van der Waals surface area (Å²) in [6.07, 6.45) is 5.74. The lowest BCUT2D eigenvalue weighted by Gasteiger charge is -2.30. The van der Waals surface area contributed by atoms with Gasteiger partial charge < -0.3 is 14.5 Å². The normalized spacial score (nSPS) is 26.8. The summed E-state index contributed by atoms with van der Waals surface area (Å²) in [5, 5.41) is 0. The van der Waals surface area contributed by atoms with Crippen molar-refractivity contribution in [1.82, 2.24) is 19.8 Å². The van der Waals surface area contributed by atoms with E-state index < -0.39 is 17.0 Å². The van der Waals surface area contributed by atoms with Gasteiger partial charge in [-0.15, -0.1) is 0 Å². The second kappa shape index (κ2) is 11.2. The molecule has 2 aromatic carbocycles. The number of amides is 2. The van der Waals surface area contributed by atoms with Gasteiger partial charge in [0.15, 0.2) is 5.82 Å². The topological polar surface area (TPSA) is 100 Å². The smallest absolute Gasteiger partial charge is 0.411 e. The molecule has 254 valence electrons. The van der Waals surface area contributed by atoms with Crippen molar-refractivity contribution in [2.24, 2.45) is 16.8 Å². The number of rotatable bonds is 3. The number of imidazole rings is 1. The maximum absolute atomic E-state index is 15.3. The Hall–Kier alpha value is -4.65. The zero-order valence-electron chi connectivity index (χ0n) is 28.8. The number of aromatic nitrogens is 2. The van der Waals surface area contributed by atoms with Crippen LogP contribution in [0.4, 0.5) is 14.0 Å². The molecule has 3 aliphatic heterocycles. The van der Waals surface area contributed by atoms with E-state index in [0.29, 0.717) is 35.2 Å². The molecule has 8 rings (SSSR count). The summed E-state index contributed by atoms with van der Waals surface area (Å²) >= 11 is 0. The number of benzene rings is 2. The fourth-order valence-electron chi connectivity index (χ4n) is 7.67. The monoisotopic (exact) mass is 663 g/mol. The summed E-state index contributed by atoms with van der Waals surface area (Å²) in [5.41, 5.74) is 4.16. The number of allylic oxidation sites excluding steroid dienone is 1. The van der Waals surface area contributed by atoms with E-state index in [0.717, 1.165) is 48.1 Å². The van der Waals surface area contributed by atoms with Crippen LogP contribution >= 0.6 is 0 Å². The molecule has 2 amide bonds. The van der Waals surface area contributed by atoms with Crippen LogP contribution in [-0.2, 0) is 9.47 Å². The number of H-pyrrole nitrogens is 1. The van der Waals surface area contributed by atoms with Gasteiger partial charge in [0.2, 0.25) is 0 Å². The van der Waals surface area contributed by atoms with Crippen LogP contribution in [-0.4, -0.2) is 67.0 Å². The van der Waals surface area contributed by atoms with Gasteiger partial charge in [-0.1, -0.05) is 24.0 Å². The Bertz CT molecular complexity index is 1990. The fourth-order valence-corrected chi connectivity index (χ4v) is 7.67. The lowest BCUT2D eigenvalue weighted by molar-refractivity contribution is 0.0173. The first-order valence-electron chi connectivity index (χ1n) is 17.3. The summed E-state index contributed by atoms with van der Waals surface area (Å²) in [6.45, 7) is 11.3. The summed E-state index contributed by atoms with van der Waals surface area (Å²) in [5.74, 6) is 7.35. The molecule has 9 nitrogen and oxygen atoms in total. The minimum Gasteiger partial charge on any atom is -0.444 e. The Morgan fingerprint density at radius 3 is 2.06 bits per heavy atom. The highest BCUT2D eigenvalue weighted by Gasteiger charge is 2.57. The number of aromatic amines is 1. The summed E-state index contributed by atoms with van der Waals surface area (Å²) < 4.78 is 26.7. The molecule has 0 radical (unpaired) electrons. The molecule has 4 fully saturated rings. The van der Waals surface area contributed by atoms with Gasteiger partial charge in [0.1, 0.15) is 22.5 Å². The minimum absolute atomic E-state index is 0.0196. The van der Waals surface area contributed by atoms with Gasteiger partial charge in [-0.2, -0.15) is 0 Å². The van der Waals surface area contributed by atoms with Gasteiger partial charge in [-0.05, 0) is 114 Å². The van der Waals surface area contributed by atoms with Crippen molar-refractivity contribution in [2.45, 2.75) is 109 Å². The molecule has 0 spiro atoms. The molecule has 4 heterocycles. The number of ether oxygens (including phenoxy) is 2. The van der Waals surface area contributed by atoms with Gasteiger partial charge in [-0.3, -0.25) is 14.8 Å². The number of likely N-dealkylation sites (tertiary alicyclic amines) is 2. The third-order valence-corrected chi connectivity index (χ3v) is 10.0. The van der Waals surface area contributed by atoms with Crippen molar-refractivity contribution >= 4 is 34.5 Å². The summed E-state index contributed by atoms with van der Waals surface area (Å²) in [4.78, 5) is 42.4. The quantitative estimate of drug-likeness (QED) is 0.289.